The quantitative estimate of drug-likeness (QED) is 0.185. The van der Waals surface area contributed by atoms with Crippen molar-refractivity contribution in [2.75, 3.05) is 27.9 Å². The lowest BCUT2D eigenvalue weighted by Crippen LogP contribution is -2.64. The second kappa shape index (κ2) is 21.0. The molecule has 3 N–H and O–H groups in total. The van der Waals surface area contributed by atoms with E-state index >= 15 is 0 Å². The highest BCUT2D eigenvalue weighted by molar-refractivity contribution is 6.39. The van der Waals surface area contributed by atoms with Crippen LogP contribution in [0.25, 0.3) is 0 Å². The van der Waals surface area contributed by atoms with Crippen molar-refractivity contribution in [3.05, 3.63) is 36.0 Å². The number of hydrogen-bond donors (Lipinski definition) is 3. The summed E-state index contributed by atoms with van der Waals surface area (Å²) in [7, 11) is 4.61. The number of carbonyl (C=O) groups excluding carboxylic acids is 4. The fourth-order valence-corrected chi connectivity index (χ4v) is 9.42. The minimum absolute atomic E-state index is 0.00988. The number of methoxy groups -OCH3 is 3. The first-order valence-corrected chi connectivity index (χ1v) is 20.9. The van der Waals surface area contributed by atoms with Gasteiger partial charge in [-0.2, -0.15) is 0 Å². The van der Waals surface area contributed by atoms with Crippen LogP contribution in [-0.4, -0.2) is 126 Å². The third kappa shape index (κ3) is 11.3. The van der Waals surface area contributed by atoms with Crippen LogP contribution in [0.4, 0.5) is 0 Å². The first-order valence-electron chi connectivity index (χ1n) is 20.9. The van der Waals surface area contributed by atoms with Crippen LogP contribution < -0.4 is 0 Å². The van der Waals surface area contributed by atoms with Crippen molar-refractivity contribution in [2.45, 2.75) is 160 Å². The van der Waals surface area contributed by atoms with Crippen molar-refractivity contribution in [2.24, 2.45) is 29.6 Å². The minimum atomic E-state index is -2.51. The Morgan fingerprint density at radius 3 is 2.25 bits per heavy atom. The lowest BCUT2D eigenvalue weighted by molar-refractivity contribution is -0.302. The maximum Gasteiger partial charge on any atom is 0.329 e. The molecule has 322 valence electrons. The van der Waals surface area contributed by atoms with Gasteiger partial charge >= 0.3 is 5.97 Å². The Morgan fingerprint density at radius 2 is 1.60 bits per heavy atom. The highest BCUT2D eigenvalue weighted by atomic mass is 16.7. The van der Waals surface area contributed by atoms with E-state index in [1.165, 1.54) is 19.1 Å². The molecule has 0 aromatic rings. The summed E-state index contributed by atoms with van der Waals surface area (Å²) in [4.78, 5) is 57.8. The summed E-state index contributed by atoms with van der Waals surface area (Å²) in [6.07, 6.45) is 4.93. The van der Waals surface area contributed by atoms with Crippen molar-refractivity contribution in [1.82, 2.24) is 4.90 Å². The molecule has 1 amide bonds. The van der Waals surface area contributed by atoms with Gasteiger partial charge in [-0.25, -0.2) is 4.79 Å². The summed E-state index contributed by atoms with van der Waals surface area (Å²) in [6.45, 7) is 13.1. The summed E-state index contributed by atoms with van der Waals surface area (Å²) in [5.74, 6) is -7.76. The molecule has 3 heterocycles. The summed E-state index contributed by atoms with van der Waals surface area (Å²) < 4.78 is 29.7. The normalized spacial score (nSPS) is 41.0. The largest absolute Gasteiger partial charge is 0.456 e. The first-order chi connectivity index (χ1) is 27.0. The second-order valence-corrected chi connectivity index (χ2v) is 17.3. The number of piperidine rings is 1. The predicted octanol–water partition coefficient (Wildman–Crippen LogP) is 4.64. The Labute approximate surface area is 339 Å². The van der Waals surface area contributed by atoms with Gasteiger partial charge in [0.05, 0.1) is 30.5 Å². The smallest absolute Gasteiger partial charge is 0.329 e. The monoisotopic (exact) mass is 803 g/mol. The van der Waals surface area contributed by atoms with Gasteiger partial charge in [0, 0.05) is 52.0 Å². The van der Waals surface area contributed by atoms with Gasteiger partial charge in [0.1, 0.15) is 24.0 Å². The lowest BCUT2D eigenvalue weighted by atomic mass is 9.81. The molecule has 57 heavy (non-hydrogen) atoms. The van der Waals surface area contributed by atoms with Gasteiger partial charge in [-0.05, 0) is 95.5 Å². The second-order valence-electron chi connectivity index (χ2n) is 17.3. The third-order valence-corrected chi connectivity index (χ3v) is 12.9. The minimum Gasteiger partial charge on any atom is -0.456 e. The number of ketones is 2. The van der Waals surface area contributed by atoms with E-state index in [-0.39, 0.29) is 49.5 Å². The van der Waals surface area contributed by atoms with Crippen LogP contribution in [0, 0.1) is 29.6 Å². The Bertz CT molecular complexity index is 1480. The highest BCUT2D eigenvalue weighted by Gasteiger charge is 2.56. The van der Waals surface area contributed by atoms with Crippen molar-refractivity contribution >= 4 is 23.4 Å². The van der Waals surface area contributed by atoms with Crippen LogP contribution in [0.1, 0.15) is 105 Å². The molecule has 1 aliphatic carbocycles. The van der Waals surface area contributed by atoms with Gasteiger partial charge in [-0.1, -0.05) is 44.6 Å². The molecule has 0 aromatic heterocycles. The standard InChI is InChI=1S/C44H69NO12/c1-10-13-31-19-25(2)18-26(3)20-37(54-8)40-38(55-9)22-28(5)44(52,57-40)41(49)42(50)45-17-12-11-14-32(45)43(51)56-39(29(6)34(47)24-35(31)48)27(4)21-30-15-16-33(46)36(23-30)53-7/h10,19,21,26,28-34,36-40,46-47,52H,1,11-18,20,22-24H2,2-9H3/b25-19+,27-21+/t26-,28?,29+,30?,31+,32?,33+,34-,36?,37-,38?,39+,40?,44?/m0/s1. The fourth-order valence-electron chi connectivity index (χ4n) is 9.42. The molecular formula is C44H69NO12. The van der Waals surface area contributed by atoms with Gasteiger partial charge in [-0.15, -0.1) is 6.58 Å². The predicted molar refractivity (Wildman–Crippen MR) is 213 cm³/mol. The summed E-state index contributed by atoms with van der Waals surface area (Å²) in [5.41, 5.74) is 1.61. The number of aliphatic hydroxyl groups excluding tert-OH is 2. The van der Waals surface area contributed by atoms with Crippen LogP contribution >= 0.6 is 0 Å². The average molecular weight is 804 g/mol. The Balaban J connectivity index is 1.78. The van der Waals surface area contributed by atoms with Crippen molar-refractivity contribution < 1.29 is 58.2 Å². The zero-order valence-electron chi connectivity index (χ0n) is 35.4. The molecule has 13 heteroatoms. The van der Waals surface area contributed by atoms with E-state index in [1.54, 1.807) is 27.0 Å². The van der Waals surface area contributed by atoms with E-state index in [0.29, 0.717) is 56.9 Å². The maximum atomic E-state index is 14.3. The molecule has 13 nitrogen and oxygen atoms in total. The number of Topliss-reactive ketones (excluding diaryl/α,β-unsaturated/α-hetero) is 2. The van der Waals surface area contributed by atoms with Gasteiger partial charge in [0.25, 0.3) is 11.7 Å². The number of esters is 1. The number of amides is 1. The number of hydrogen-bond acceptors (Lipinski definition) is 12. The molecule has 0 spiro atoms. The zero-order chi connectivity index (χ0) is 42.2. The number of fused-ring (bicyclic) bond motifs is 3. The molecule has 4 aliphatic rings. The lowest BCUT2D eigenvalue weighted by Gasteiger charge is -2.47. The molecule has 2 bridgehead atoms. The number of cyclic esters (lactones) is 1. The third-order valence-electron chi connectivity index (χ3n) is 12.9. The molecule has 2 saturated heterocycles. The van der Waals surface area contributed by atoms with Gasteiger partial charge in [-0.3, -0.25) is 14.4 Å². The molecule has 3 fully saturated rings. The van der Waals surface area contributed by atoms with Gasteiger partial charge < -0.3 is 43.9 Å². The molecule has 0 radical (unpaired) electrons. The molecule has 3 aliphatic heterocycles. The van der Waals surface area contributed by atoms with Gasteiger partial charge in [0.2, 0.25) is 5.79 Å². The van der Waals surface area contributed by atoms with E-state index in [2.05, 4.69) is 6.58 Å². The first kappa shape index (κ1) is 46.9. The van der Waals surface area contributed by atoms with Gasteiger partial charge in [0.15, 0.2) is 0 Å². The van der Waals surface area contributed by atoms with E-state index in [4.69, 9.17) is 23.7 Å². The van der Waals surface area contributed by atoms with E-state index in [1.807, 2.05) is 32.9 Å². The molecule has 14 atom stereocenters. The maximum absolute atomic E-state index is 14.3. The number of aliphatic hydroxyl groups is 3. The summed E-state index contributed by atoms with van der Waals surface area (Å²) in [5, 5.41) is 34.1. The number of ether oxygens (including phenoxy) is 5. The highest BCUT2D eigenvalue weighted by Crippen LogP contribution is 2.39. The van der Waals surface area contributed by atoms with Crippen LogP contribution in [0.3, 0.4) is 0 Å². The van der Waals surface area contributed by atoms with Crippen LogP contribution in [0.15, 0.2) is 36.0 Å². The molecule has 7 unspecified atom stereocenters. The molecular weight excluding hydrogens is 734 g/mol. The van der Waals surface area contributed by atoms with Crippen LogP contribution in [-0.2, 0) is 42.9 Å². The zero-order valence-corrected chi connectivity index (χ0v) is 35.4. The topological polar surface area (TPSA) is 178 Å². The van der Waals surface area contributed by atoms with Crippen molar-refractivity contribution in [3.63, 3.8) is 0 Å². The molecule has 4 rings (SSSR count). The van der Waals surface area contributed by atoms with Crippen LogP contribution in [0.5, 0.6) is 0 Å². The Morgan fingerprint density at radius 1 is 0.930 bits per heavy atom. The number of allylic oxidation sites excluding steroid dienone is 4. The average Bonchev–Trinajstić information content (AvgIpc) is 3.18. The van der Waals surface area contributed by atoms with Crippen molar-refractivity contribution in [1.29, 1.82) is 0 Å². The molecule has 1 saturated carbocycles. The number of nitrogens with zero attached hydrogens (tertiary/aromatic N) is 1. The Hall–Kier alpha value is -2.78. The summed E-state index contributed by atoms with van der Waals surface area (Å²) in [6, 6.07) is -1.14. The number of carbonyl (C=O) groups is 4. The van der Waals surface area contributed by atoms with E-state index in [9.17, 15) is 34.5 Å². The SMILES string of the molecule is C=CC[C@@H]1/C=C(\C)C[C@H](C)C[C@H](OC)C2OC(O)(C(=O)C(=O)N3CCCCC3C(=O)O[C@H](/C(C)=C/C3CC[C@@H](O)C(OC)C3)[C@H](C)[C@@H](O)CC1=O)C(C)CC2OC. The van der Waals surface area contributed by atoms with E-state index < -0.39 is 83.9 Å². The fraction of sp³-hybridized carbons (Fsp3) is 0.773. The number of rotatable bonds is 7. The Kier molecular flexibility index (Phi) is 17.2. The summed E-state index contributed by atoms with van der Waals surface area (Å²) >= 11 is 0. The van der Waals surface area contributed by atoms with Crippen LogP contribution in [0.2, 0.25) is 0 Å². The van der Waals surface area contributed by atoms with E-state index in [0.717, 1.165) is 5.57 Å². The van der Waals surface area contributed by atoms with Crippen molar-refractivity contribution in [3.8, 4) is 0 Å². The molecule has 0 aromatic carbocycles.